The second-order valence-corrected chi connectivity index (χ2v) is 5.35. The Bertz CT molecular complexity index is 599. The molecule has 23 heavy (non-hydrogen) atoms. The minimum atomic E-state index is -0.483. The number of hydrogen-bond donors (Lipinski definition) is 1. The van der Waals surface area contributed by atoms with Gasteiger partial charge in [-0.3, -0.25) is 4.79 Å². The molecule has 0 saturated carbocycles. The maximum atomic E-state index is 12.8. The standard InChI is InChI=1S/C19H22FNO2/c1-2-18(23-17-8-4-3-5-9-17)19(22)21-14-6-7-15-10-12-16(20)13-11-15/h3-5,8-13,18H,2,6-7,14H2,1H3,(H,21,22)/t18-/m0/s1. The summed E-state index contributed by atoms with van der Waals surface area (Å²) < 4.78 is 18.5. The number of hydrogen-bond acceptors (Lipinski definition) is 2. The predicted molar refractivity (Wildman–Crippen MR) is 88.9 cm³/mol. The van der Waals surface area contributed by atoms with E-state index < -0.39 is 6.10 Å². The van der Waals surface area contributed by atoms with E-state index in [1.54, 1.807) is 12.1 Å². The third-order valence-corrected chi connectivity index (χ3v) is 3.54. The summed E-state index contributed by atoms with van der Waals surface area (Å²) in [6.07, 6.45) is 1.73. The van der Waals surface area contributed by atoms with E-state index in [-0.39, 0.29) is 11.7 Å². The van der Waals surface area contributed by atoms with Crippen molar-refractivity contribution in [3.05, 3.63) is 66.0 Å². The first-order valence-corrected chi connectivity index (χ1v) is 7.93. The summed E-state index contributed by atoms with van der Waals surface area (Å²) in [5.74, 6) is 0.363. The van der Waals surface area contributed by atoms with Crippen LogP contribution in [0.15, 0.2) is 54.6 Å². The van der Waals surface area contributed by atoms with E-state index in [1.807, 2.05) is 37.3 Å². The smallest absolute Gasteiger partial charge is 0.261 e. The Morgan fingerprint density at radius 3 is 2.48 bits per heavy atom. The van der Waals surface area contributed by atoms with E-state index in [9.17, 15) is 9.18 Å². The SMILES string of the molecule is CC[C@H](Oc1ccccc1)C(=O)NCCCc1ccc(F)cc1. The van der Waals surface area contributed by atoms with Crippen molar-refractivity contribution in [2.75, 3.05) is 6.54 Å². The van der Waals surface area contributed by atoms with Crippen molar-refractivity contribution in [2.24, 2.45) is 0 Å². The molecule has 2 aromatic rings. The molecule has 0 aliphatic carbocycles. The van der Waals surface area contributed by atoms with Crippen LogP contribution in [0.3, 0.4) is 0 Å². The van der Waals surface area contributed by atoms with Crippen molar-refractivity contribution < 1.29 is 13.9 Å². The molecule has 0 unspecified atom stereocenters. The number of carbonyl (C=O) groups is 1. The summed E-state index contributed by atoms with van der Waals surface area (Å²) in [5, 5.41) is 2.90. The zero-order valence-electron chi connectivity index (χ0n) is 13.3. The van der Waals surface area contributed by atoms with E-state index in [4.69, 9.17) is 4.74 Å². The summed E-state index contributed by atoms with van der Waals surface area (Å²) in [6.45, 7) is 2.50. The molecule has 1 atom stereocenters. The third-order valence-electron chi connectivity index (χ3n) is 3.54. The second kappa shape index (κ2) is 8.93. The number of aryl methyl sites for hydroxylation is 1. The number of halogens is 1. The van der Waals surface area contributed by atoms with Crippen LogP contribution in [0.2, 0.25) is 0 Å². The Labute approximate surface area is 136 Å². The number of benzene rings is 2. The minimum Gasteiger partial charge on any atom is -0.481 e. The Hall–Kier alpha value is -2.36. The van der Waals surface area contributed by atoms with Crippen LogP contribution in [0.1, 0.15) is 25.3 Å². The van der Waals surface area contributed by atoms with Gasteiger partial charge in [-0.15, -0.1) is 0 Å². The Morgan fingerprint density at radius 1 is 1.13 bits per heavy atom. The van der Waals surface area contributed by atoms with Gasteiger partial charge in [-0.05, 0) is 49.1 Å². The zero-order valence-corrected chi connectivity index (χ0v) is 13.3. The molecule has 0 spiro atoms. The summed E-state index contributed by atoms with van der Waals surface area (Å²) >= 11 is 0. The first-order valence-electron chi connectivity index (χ1n) is 7.93. The molecule has 2 rings (SSSR count). The van der Waals surface area contributed by atoms with Gasteiger partial charge in [0.2, 0.25) is 0 Å². The van der Waals surface area contributed by atoms with Crippen molar-refractivity contribution in [1.82, 2.24) is 5.32 Å². The highest BCUT2D eigenvalue weighted by atomic mass is 19.1. The van der Waals surface area contributed by atoms with E-state index in [1.165, 1.54) is 12.1 Å². The molecule has 0 heterocycles. The van der Waals surface area contributed by atoms with Gasteiger partial charge in [0.25, 0.3) is 5.91 Å². The highest BCUT2D eigenvalue weighted by Gasteiger charge is 2.17. The van der Waals surface area contributed by atoms with Gasteiger partial charge < -0.3 is 10.1 Å². The van der Waals surface area contributed by atoms with Gasteiger partial charge in [-0.25, -0.2) is 4.39 Å². The number of rotatable bonds is 8. The molecule has 122 valence electrons. The van der Waals surface area contributed by atoms with Crippen molar-refractivity contribution in [1.29, 1.82) is 0 Å². The van der Waals surface area contributed by atoms with Crippen molar-refractivity contribution >= 4 is 5.91 Å². The van der Waals surface area contributed by atoms with Gasteiger partial charge >= 0.3 is 0 Å². The number of amides is 1. The van der Waals surface area contributed by atoms with Crippen LogP contribution in [0.4, 0.5) is 4.39 Å². The number of ether oxygens (including phenoxy) is 1. The molecule has 0 bridgehead atoms. The average Bonchev–Trinajstić information content (AvgIpc) is 2.59. The maximum Gasteiger partial charge on any atom is 0.261 e. The van der Waals surface area contributed by atoms with E-state index >= 15 is 0 Å². The number of para-hydroxylation sites is 1. The Morgan fingerprint density at radius 2 is 1.83 bits per heavy atom. The van der Waals surface area contributed by atoms with Crippen molar-refractivity contribution in [2.45, 2.75) is 32.3 Å². The monoisotopic (exact) mass is 315 g/mol. The summed E-state index contributed by atoms with van der Waals surface area (Å²) in [7, 11) is 0. The lowest BCUT2D eigenvalue weighted by molar-refractivity contribution is -0.128. The molecule has 4 heteroatoms. The molecule has 0 aromatic heterocycles. The third kappa shape index (κ3) is 5.74. The molecular formula is C19H22FNO2. The first kappa shape index (κ1) is 17.0. The molecule has 2 aromatic carbocycles. The van der Waals surface area contributed by atoms with Crippen LogP contribution < -0.4 is 10.1 Å². The summed E-state index contributed by atoms with van der Waals surface area (Å²) in [4.78, 5) is 12.1. The van der Waals surface area contributed by atoms with E-state index in [0.717, 1.165) is 18.4 Å². The summed E-state index contributed by atoms with van der Waals surface area (Å²) in [5.41, 5.74) is 1.06. The van der Waals surface area contributed by atoms with Gasteiger partial charge in [-0.1, -0.05) is 37.3 Å². The minimum absolute atomic E-state index is 0.101. The second-order valence-electron chi connectivity index (χ2n) is 5.35. The fourth-order valence-electron chi connectivity index (χ4n) is 2.25. The fraction of sp³-hybridized carbons (Fsp3) is 0.316. The Kier molecular flexibility index (Phi) is 6.60. The van der Waals surface area contributed by atoms with Crippen molar-refractivity contribution in [3.8, 4) is 5.75 Å². The zero-order chi connectivity index (χ0) is 16.5. The van der Waals surface area contributed by atoms with Crippen LogP contribution >= 0.6 is 0 Å². The molecule has 0 aliphatic heterocycles. The van der Waals surface area contributed by atoms with Gasteiger partial charge in [0.05, 0.1) is 0 Å². The van der Waals surface area contributed by atoms with Crippen molar-refractivity contribution in [3.63, 3.8) is 0 Å². The lowest BCUT2D eigenvalue weighted by Gasteiger charge is -2.17. The maximum absolute atomic E-state index is 12.8. The Balaban J connectivity index is 1.73. The van der Waals surface area contributed by atoms with Crippen LogP contribution in [-0.4, -0.2) is 18.6 Å². The summed E-state index contributed by atoms with van der Waals surface area (Å²) in [6, 6.07) is 15.8. The van der Waals surface area contributed by atoms with Gasteiger partial charge in [0.1, 0.15) is 11.6 Å². The van der Waals surface area contributed by atoms with Crippen LogP contribution in [0.25, 0.3) is 0 Å². The molecule has 0 fully saturated rings. The topological polar surface area (TPSA) is 38.3 Å². The molecule has 0 saturated heterocycles. The lowest BCUT2D eigenvalue weighted by atomic mass is 10.1. The fourth-order valence-corrected chi connectivity index (χ4v) is 2.25. The number of carbonyl (C=O) groups excluding carboxylic acids is 1. The quantitative estimate of drug-likeness (QED) is 0.754. The first-order chi connectivity index (χ1) is 11.2. The van der Waals surface area contributed by atoms with E-state index in [0.29, 0.717) is 18.7 Å². The van der Waals surface area contributed by atoms with Crippen LogP contribution in [-0.2, 0) is 11.2 Å². The number of nitrogens with one attached hydrogen (secondary N) is 1. The van der Waals surface area contributed by atoms with Gasteiger partial charge in [0, 0.05) is 6.54 Å². The molecule has 3 nitrogen and oxygen atoms in total. The molecule has 0 aliphatic rings. The highest BCUT2D eigenvalue weighted by Crippen LogP contribution is 2.12. The largest absolute Gasteiger partial charge is 0.481 e. The highest BCUT2D eigenvalue weighted by molar-refractivity contribution is 5.81. The molecule has 1 N–H and O–H groups in total. The van der Waals surface area contributed by atoms with Crippen LogP contribution in [0.5, 0.6) is 5.75 Å². The predicted octanol–water partition coefficient (Wildman–Crippen LogP) is 3.73. The van der Waals surface area contributed by atoms with E-state index in [2.05, 4.69) is 5.32 Å². The normalized spacial score (nSPS) is 11.7. The van der Waals surface area contributed by atoms with Crippen LogP contribution in [0, 0.1) is 5.82 Å². The van der Waals surface area contributed by atoms with Gasteiger partial charge in [-0.2, -0.15) is 0 Å². The molecular weight excluding hydrogens is 293 g/mol. The lowest BCUT2D eigenvalue weighted by Crippen LogP contribution is -2.38. The molecule has 0 radical (unpaired) electrons. The average molecular weight is 315 g/mol. The van der Waals surface area contributed by atoms with Gasteiger partial charge in [0.15, 0.2) is 6.10 Å². The molecule has 1 amide bonds.